The molecule has 4 heterocycles. The summed E-state index contributed by atoms with van der Waals surface area (Å²) in [5.74, 6) is 0.203. The molecule has 0 spiro atoms. The van der Waals surface area contributed by atoms with Crippen molar-refractivity contribution < 1.29 is 9.59 Å². The van der Waals surface area contributed by atoms with Crippen LogP contribution in [0.3, 0.4) is 0 Å². The highest BCUT2D eigenvalue weighted by Gasteiger charge is 2.45. The van der Waals surface area contributed by atoms with Gasteiger partial charge in [0.1, 0.15) is 5.54 Å². The number of carbonyl (C=O) groups excluding carboxylic acids is 2. The lowest BCUT2D eigenvalue weighted by Crippen LogP contribution is -2.46. The Bertz CT molecular complexity index is 1510. The topological polar surface area (TPSA) is 90.5 Å². The van der Waals surface area contributed by atoms with Gasteiger partial charge in [-0.15, -0.1) is 11.3 Å². The highest BCUT2D eigenvalue weighted by molar-refractivity contribution is 7.22. The van der Waals surface area contributed by atoms with Gasteiger partial charge < -0.3 is 15.1 Å². The minimum Gasteiger partial charge on any atom is -0.372 e. The number of rotatable bonds is 7. The summed E-state index contributed by atoms with van der Waals surface area (Å²) in [6.07, 6.45) is 5.64. The van der Waals surface area contributed by atoms with Crippen molar-refractivity contribution >= 4 is 45.0 Å². The standard InChI is InChI=1S/C30H32N6O2S/c1-30(2)27(37)34-29(38)36(30)16-13-31-28-32-19-23(20-10-8-11-22(17-20)35-14-6-3-7-15-35)26(33-28)25-18-21-9-4-5-12-24(21)39-25/h4-5,8-12,17-19H,3,6-7,13-16H2,1-2H3,(H,31,32,33)(H,34,37,38). The lowest BCUT2D eigenvalue weighted by Gasteiger charge is -2.29. The Morgan fingerprint density at radius 3 is 2.62 bits per heavy atom. The lowest BCUT2D eigenvalue weighted by molar-refractivity contribution is -0.125. The van der Waals surface area contributed by atoms with Crippen LogP contribution in [0.2, 0.25) is 0 Å². The number of aromatic nitrogens is 2. The quantitative estimate of drug-likeness (QED) is 0.290. The number of carbonyl (C=O) groups is 2. The third-order valence-corrected chi connectivity index (χ3v) is 8.76. The molecule has 0 unspecified atom stereocenters. The van der Waals surface area contributed by atoms with Crippen molar-refractivity contribution in [1.29, 1.82) is 0 Å². The Balaban J connectivity index is 1.32. The number of nitrogens with zero attached hydrogens (tertiary/aromatic N) is 4. The summed E-state index contributed by atoms with van der Waals surface area (Å²) in [5, 5.41) is 6.85. The Morgan fingerprint density at radius 1 is 1.03 bits per heavy atom. The maximum atomic E-state index is 12.2. The molecule has 2 aliphatic rings. The van der Waals surface area contributed by atoms with Crippen molar-refractivity contribution in [3.05, 3.63) is 60.8 Å². The van der Waals surface area contributed by atoms with Crippen LogP contribution in [0, 0.1) is 0 Å². The molecule has 2 aromatic carbocycles. The van der Waals surface area contributed by atoms with E-state index < -0.39 is 5.54 Å². The second-order valence-electron chi connectivity index (χ2n) is 10.6. The van der Waals surface area contributed by atoms with E-state index in [0.29, 0.717) is 19.0 Å². The summed E-state index contributed by atoms with van der Waals surface area (Å²) < 4.78 is 1.21. The molecule has 2 aliphatic heterocycles. The van der Waals surface area contributed by atoms with Gasteiger partial charge in [-0.1, -0.05) is 30.3 Å². The van der Waals surface area contributed by atoms with E-state index in [1.165, 1.54) is 39.9 Å². The van der Waals surface area contributed by atoms with Crippen LogP contribution < -0.4 is 15.5 Å². The first-order chi connectivity index (χ1) is 18.9. The fourth-order valence-corrected chi connectivity index (χ4v) is 6.41. The summed E-state index contributed by atoms with van der Waals surface area (Å²) in [5.41, 5.74) is 3.30. The summed E-state index contributed by atoms with van der Waals surface area (Å²) in [4.78, 5) is 39.1. The van der Waals surface area contributed by atoms with E-state index in [2.05, 4.69) is 75.1 Å². The number of fused-ring (bicyclic) bond motifs is 1. The lowest BCUT2D eigenvalue weighted by atomic mass is 10.0. The van der Waals surface area contributed by atoms with Crippen LogP contribution in [-0.2, 0) is 4.79 Å². The maximum absolute atomic E-state index is 12.2. The smallest absolute Gasteiger partial charge is 0.325 e. The fourth-order valence-electron chi connectivity index (χ4n) is 5.34. The maximum Gasteiger partial charge on any atom is 0.325 e. The molecular weight excluding hydrogens is 508 g/mol. The Labute approximate surface area is 232 Å². The van der Waals surface area contributed by atoms with Gasteiger partial charge in [-0.25, -0.2) is 14.8 Å². The molecule has 0 atom stereocenters. The van der Waals surface area contributed by atoms with Crippen LogP contribution in [0.4, 0.5) is 16.4 Å². The molecule has 9 heteroatoms. The number of hydrogen-bond acceptors (Lipinski definition) is 7. The first kappa shape index (κ1) is 25.3. The van der Waals surface area contributed by atoms with Gasteiger partial charge >= 0.3 is 6.03 Å². The fraction of sp³-hybridized carbons (Fsp3) is 0.333. The highest BCUT2D eigenvalue weighted by atomic mass is 32.1. The van der Waals surface area contributed by atoms with E-state index in [4.69, 9.17) is 4.98 Å². The molecule has 2 saturated heterocycles. The van der Waals surface area contributed by atoms with Gasteiger partial charge in [0.25, 0.3) is 5.91 Å². The Morgan fingerprint density at radius 2 is 1.85 bits per heavy atom. The van der Waals surface area contributed by atoms with Crippen molar-refractivity contribution in [1.82, 2.24) is 20.2 Å². The molecule has 0 radical (unpaired) electrons. The monoisotopic (exact) mass is 540 g/mol. The second kappa shape index (κ2) is 10.3. The molecule has 0 aliphatic carbocycles. The van der Waals surface area contributed by atoms with Crippen LogP contribution in [0.1, 0.15) is 33.1 Å². The minimum absolute atomic E-state index is 0.285. The predicted molar refractivity (Wildman–Crippen MR) is 157 cm³/mol. The van der Waals surface area contributed by atoms with E-state index in [1.54, 1.807) is 25.2 Å². The van der Waals surface area contributed by atoms with Gasteiger partial charge in [0, 0.05) is 48.3 Å². The van der Waals surface area contributed by atoms with E-state index in [0.717, 1.165) is 34.8 Å². The van der Waals surface area contributed by atoms with Crippen LogP contribution >= 0.6 is 11.3 Å². The first-order valence-corrected chi connectivity index (χ1v) is 14.3. The van der Waals surface area contributed by atoms with Gasteiger partial charge in [-0.05, 0) is 68.3 Å². The van der Waals surface area contributed by atoms with Crippen LogP contribution in [0.5, 0.6) is 0 Å². The molecule has 4 aromatic rings. The number of urea groups is 1. The molecule has 8 nitrogen and oxygen atoms in total. The van der Waals surface area contributed by atoms with E-state index >= 15 is 0 Å². The largest absolute Gasteiger partial charge is 0.372 e. The van der Waals surface area contributed by atoms with Crippen molar-refractivity contribution in [2.75, 3.05) is 36.4 Å². The average molecular weight is 541 g/mol. The zero-order chi connectivity index (χ0) is 27.0. The van der Waals surface area contributed by atoms with Crippen LogP contribution in [-0.4, -0.2) is 58.5 Å². The number of benzene rings is 2. The molecular formula is C30H32N6O2S. The molecule has 6 rings (SSSR count). The number of piperidine rings is 1. The average Bonchev–Trinajstić information content (AvgIpc) is 3.47. The number of thiophene rings is 1. The number of nitrogens with one attached hydrogen (secondary N) is 2. The van der Waals surface area contributed by atoms with Crippen molar-refractivity contribution in [3.63, 3.8) is 0 Å². The van der Waals surface area contributed by atoms with Crippen molar-refractivity contribution in [3.8, 4) is 21.7 Å². The van der Waals surface area contributed by atoms with Gasteiger partial charge in [0.05, 0.1) is 10.6 Å². The van der Waals surface area contributed by atoms with E-state index in [9.17, 15) is 9.59 Å². The van der Waals surface area contributed by atoms with Crippen LogP contribution in [0.15, 0.2) is 60.8 Å². The zero-order valence-corrected chi connectivity index (χ0v) is 23.1. The molecule has 200 valence electrons. The Hall–Kier alpha value is -3.98. The SMILES string of the molecule is CC1(C)C(=O)NC(=O)N1CCNc1ncc(-c2cccc(N3CCCCC3)c2)c(-c2cc3ccccc3s2)n1. The van der Waals surface area contributed by atoms with Gasteiger partial charge in [-0.2, -0.15) is 0 Å². The summed E-state index contributed by atoms with van der Waals surface area (Å²) in [6, 6.07) is 18.8. The summed E-state index contributed by atoms with van der Waals surface area (Å²) in [6.45, 7) is 6.44. The van der Waals surface area contributed by atoms with Gasteiger partial charge in [0.15, 0.2) is 0 Å². The number of hydrogen-bond donors (Lipinski definition) is 2. The molecule has 3 amide bonds. The predicted octanol–water partition coefficient (Wildman–Crippen LogP) is 5.76. The molecule has 2 fully saturated rings. The number of imide groups is 1. The normalized spacial score (nSPS) is 17.1. The highest BCUT2D eigenvalue weighted by Crippen LogP contribution is 2.39. The third-order valence-electron chi connectivity index (χ3n) is 7.64. The molecule has 0 saturated carbocycles. The van der Waals surface area contributed by atoms with Gasteiger partial charge in [0.2, 0.25) is 5.95 Å². The summed E-state index contributed by atoms with van der Waals surface area (Å²) >= 11 is 1.72. The summed E-state index contributed by atoms with van der Waals surface area (Å²) in [7, 11) is 0. The molecule has 2 N–H and O–H groups in total. The van der Waals surface area contributed by atoms with Crippen molar-refractivity contribution in [2.45, 2.75) is 38.6 Å². The molecule has 0 bridgehead atoms. The van der Waals surface area contributed by atoms with Crippen LogP contribution in [0.25, 0.3) is 31.8 Å². The number of amides is 3. The molecule has 2 aromatic heterocycles. The minimum atomic E-state index is -0.884. The third kappa shape index (κ3) is 4.94. The first-order valence-electron chi connectivity index (χ1n) is 13.5. The van der Waals surface area contributed by atoms with Crippen molar-refractivity contribution in [2.24, 2.45) is 0 Å². The van der Waals surface area contributed by atoms with E-state index in [-0.39, 0.29) is 11.9 Å². The number of anilines is 2. The van der Waals surface area contributed by atoms with E-state index in [1.807, 2.05) is 6.20 Å². The Kier molecular flexibility index (Phi) is 6.68. The molecule has 39 heavy (non-hydrogen) atoms. The van der Waals surface area contributed by atoms with Gasteiger partial charge in [-0.3, -0.25) is 10.1 Å². The second-order valence-corrected chi connectivity index (χ2v) is 11.7. The zero-order valence-electron chi connectivity index (χ0n) is 22.2.